The van der Waals surface area contributed by atoms with E-state index in [1.807, 2.05) is 6.07 Å². The fourth-order valence-electron chi connectivity index (χ4n) is 1.57. The van der Waals surface area contributed by atoms with Gasteiger partial charge in [-0.2, -0.15) is 0 Å². The Balaban J connectivity index is 2.95. The molecule has 1 rings (SSSR count). The summed E-state index contributed by atoms with van der Waals surface area (Å²) in [5.74, 6) is 0. The molecule has 0 heterocycles. The molecule has 0 aliphatic rings. The maximum Gasteiger partial charge on any atom is 0.243 e. The summed E-state index contributed by atoms with van der Waals surface area (Å²) in [7, 11) is -0.232. The number of halogens is 1. The van der Waals surface area contributed by atoms with Gasteiger partial charge in [-0.05, 0) is 31.0 Å². The Labute approximate surface area is 117 Å². The first kappa shape index (κ1) is 15.6. The van der Waals surface area contributed by atoms with Gasteiger partial charge < -0.3 is 4.74 Å². The molecule has 102 valence electrons. The number of aryl methyl sites for hydroxylation is 1. The van der Waals surface area contributed by atoms with Gasteiger partial charge in [0.2, 0.25) is 10.0 Å². The number of nitrogens with zero attached hydrogens (tertiary/aromatic N) is 1. The van der Waals surface area contributed by atoms with E-state index in [1.165, 1.54) is 4.31 Å². The Bertz CT molecular complexity index is 502. The number of hydrogen-bond donors (Lipinski definition) is 0. The van der Waals surface area contributed by atoms with Crippen molar-refractivity contribution < 1.29 is 13.2 Å². The molecule has 0 aliphatic heterocycles. The van der Waals surface area contributed by atoms with Crippen molar-refractivity contribution in [1.82, 2.24) is 4.31 Å². The van der Waals surface area contributed by atoms with E-state index in [4.69, 9.17) is 4.74 Å². The number of hydrogen-bond acceptors (Lipinski definition) is 3. The third kappa shape index (κ3) is 3.78. The van der Waals surface area contributed by atoms with Crippen LogP contribution in [0.4, 0.5) is 0 Å². The molecule has 0 spiro atoms. The standard InChI is InChI=1S/C12H18BrNO3S/c1-10-5-6-11(13)9-12(10)18(15,16)14(2)7-4-8-17-3/h5-6,9H,4,7-8H2,1-3H3. The van der Waals surface area contributed by atoms with Crippen LogP contribution in [0.1, 0.15) is 12.0 Å². The maximum atomic E-state index is 12.4. The zero-order valence-electron chi connectivity index (χ0n) is 10.8. The second-order valence-corrected chi connectivity index (χ2v) is 7.01. The van der Waals surface area contributed by atoms with Crippen molar-refractivity contribution >= 4 is 26.0 Å². The van der Waals surface area contributed by atoms with Gasteiger partial charge in [0.25, 0.3) is 0 Å². The number of sulfonamides is 1. The molecule has 0 saturated heterocycles. The predicted octanol–water partition coefficient (Wildman–Crippen LogP) is 2.41. The molecule has 6 heteroatoms. The van der Waals surface area contributed by atoms with Crippen LogP contribution in [-0.4, -0.2) is 40.0 Å². The number of benzene rings is 1. The van der Waals surface area contributed by atoms with Gasteiger partial charge in [-0.15, -0.1) is 0 Å². The maximum absolute atomic E-state index is 12.4. The van der Waals surface area contributed by atoms with Gasteiger partial charge in [-0.1, -0.05) is 22.0 Å². The molecule has 0 saturated carbocycles. The highest BCUT2D eigenvalue weighted by atomic mass is 79.9. The first-order valence-electron chi connectivity index (χ1n) is 5.61. The summed E-state index contributed by atoms with van der Waals surface area (Å²) in [4.78, 5) is 0.344. The Morgan fingerprint density at radius 3 is 2.67 bits per heavy atom. The van der Waals surface area contributed by atoms with Gasteiger partial charge in [0.05, 0.1) is 4.90 Å². The van der Waals surface area contributed by atoms with E-state index in [0.29, 0.717) is 24.5 Å². The summed E-state index contributed by atoms with van der Waals surface area (Å²) in [5, 5.41) is 0. The van der Waals surface area contributed by atoms with Crippen LogP contribution < -0.4 is 0 Å². The highest BCUT2D eigenvalue weighted by molar-refractivity contribution is 9.10. The van der Waals surface area contributed by atoms with Crippen LogP contribution in [0.5, 0.6) is 0 Å². The van der Waals surface area contributed by atoms with Crippen molar-refractivity contribution in [3.05, 3.63) is 28.2 Å². The topological polar surface area (TPSA) is 46.6 Å². The average Bonchev–Trinajstić information content (AvgIpc) is 2.32. The van der Waals surface area contributed by atoms with Gasteiger partial charge in [-0.25, -0.2) is 12.7 Å². The Kier molecular flexibility index (Phi) is 5.78. The molecule has 0 amide bonds. The minimum absolute atomic E-state index is 0.344. The lowest BCUT2D eigenvalue weighted by Crippen LogP contribution is -2.29. The molecule has 0 unspecified atom stereocenters. The lowest BCUT2D eigenvalue weighted by molar-refractivity contribution is 0.189. The molecular weight excluding hydrogens is 318 g/mol. The van der Waals surface area contributed by atoms with Crippen molar-refractivity contribution in [2.75, 3.05) is 27.3 Å². The van der Waals surface area contributed by atoms with Gasteiger partial charge in [-0.3, -0.25) is 0 Å². The van der Waals surface area contributed by atoms with Crippen molar-refractivity contribution in [3.8, 4) is 0 Å². The van der Waals surface area contributed by atoms with E-state index in [-0.39, 0.29) is 0 Å². The van der Waals surface area contributed by atoms with E-state index in [9.17, 15) is 8.42 Å². The van der Waals surface area contributed by atoms with Crippen LogP contribution in [0.2, 0.25) is 0 Å². The van der Waals surface area contributed by atoms with Crippen molar-refractivity contribution in [2.45, 2.75) is 18.2 Å². The summed E-state index contributed by atoms with van der Waals surface area (Å²) >= 11 is 3.30. The summed E-state index contributed by atoms with van der Waals surface area (Å²) < 4.78 is 31.8. The molecule has 18 heavy (non-hydrogen) atoms. The first-order chi connectivity index (χ1) is 8.39. The molecule has 0 fully saturated rings. The minimum atomic E-state index is -3.42. The largest absolute Gasteiger partial charge is 0.385 e. The lowest BCUT2D eigenvalue weighted by atomic mass is 10.2. The van der Waals surface area contributed by atoms with Gasteiger partial charge in [0.15, 0.2) is 0 Å². The van der Waals surface area contributed by atoms with Crippen LogP contribution in [0.3, 0.4) is 0 Å². The molecular formula is C12H18BrNO3S. The molecule has 0 N–H and O–H groups in total. The third-order valence-electron chi connectivity index (χ3n) is 2.66. The zero-order chi connectivity index (χ0) is 13.8. The minimum Gasteiger partial charge on any atom is -0.385 e. The smallest absolute Gasteiger partial charge is 0.243 e. The molecule has 1 aromatic carbocycles. The monoisotopic (exact) mass is 335 g/mol. The Morgan fingerprint density at radius 1 is 1.39 bits per heavy atom. The van der Waals surface area contributed by atoms with Crippen LogP contribution in [0, 0.1) is 6.92 Å². The SMILES string of the molecule is COCCCN(C)S(=O)(=O)c1cc(Br)ccc1C. The Hall–Kier alpha value is -0.430. The van der Waals surface area contributed by atoms with Gasteiger partial charge in [0.1, 0.15) is 0 Å². The molecule has 0 bridgehead atoms. The second-order valence-electron chi connectivity index (χ2n) is 4.08. The van der Waals surface area contributed by atoms with E-state index in [0.717, 1.165) is 10.0 Å². The van der Waals surface area contributed by atoms with E-state index in [2.05, 4.69) is 15.9 Å². The van der Waals surface area contributed by atoms with E-state index in [1.54, 1.807) is 33.2 Å². The van der Waals surface area contributed by atoms with Crippen LogP contribution in [0.15, 0.2) is 27.6 Å². The predicted molar refractivity (Wildman–Crippen MR) is 75.2 cm³/mol. The zero-order valence-corrected chi connectivity index (χ0v) is 13.2. The fraction of sp³-hybridized carbons (Fsp3) is 0.500. The molecule has 0 atom stereocenters. The Morgan fingerprint density at radius 2 is 2.06 bits per heavy atom. The highest BCUT2D eigenvalue weighted by Gasteiger charge is 2.22. The molecule has 1 aromatic rings. The quantitative estimate of drug-likeness (QED) is 0.750. The van der Waals surface area contributed by atoms with Crippen LogP contribution in [-0.2, 0) is 14.8 Å². The average molecular weight is 336 g/mol. The van der Waals surface area contributed by atoms with E-state index < -0.39 is 10.0 Å². The summed E-state index contributed by atoms with van der Waals surface area (Å²) in [5.41, 5.74) is 0.747. The number of ether oxygens (including phenoxy) is 1. The third-order valence-corrected chi connectivity index (χ3v) is 5.15. The molecule has 0 radical (unpaired) electrons. The summed E-state index contributed by atoms with van der Waals surface area (Å²) in [6, 6.07) is 5.26. The van der Waals surface area contributed by atoms with E-state index >= 15 is 0 Å². The van der Waals surface area contributed by atoms with Crippen LogP contribution >= 0.6 is 15.9 Å². The highest BCUT2D eigenvalue weighted by Crippen LogP contribution is 2.23. The fourth-order valence-corrected chi connectivity index (χ4v) is 3.54. The first-order valence-corrected chi connectivity index (χ1v) is 7.84. The summed E-state index contributed by atoms with van der Waals surface area (Å²) in [6.45, 7) is 2.79. The molecule has 0 aromatic heterocycles. The van der Waals surface area contributed by atoms with Crippen molar-refractivity contribution in [3.63, 3.8) is 0 Å². The van der Waals surface area contributed by atoms with Gasteiger partial charge >= 0.3 is 0 Å². The van der Waals surface area contributed by atoms with Crippen LogP contribution in [0.25, 0.3) is 0 Å². The van der Waals surface area contributed by atoms with Crippen molar-refractivity contribution in [2.24, 2.45) is 0 Å². The molecule has 4 nitrogen and oxygen atoms in total. The van der Waals surface area contributed by atoms with Gasteiger partial charge in [0, 0.05) is 31.8 Å². The van der Waals surface area contributed by atoms with Crippen molar-refractivity contribution in [1.29, 1.82) is 0 Å². The number of rotatable bonds is 6. The normalized spacial score (nSPS) is 12.1. The lowest BCUT2D eigenvalue weighted by Gasteiger charge is -2.18. The number of methoxy groups -OCH3 is 1. The molecule has 0 aliphatic carbocycles. The second kappa shape index (κ2) is 6.65. The summed E-state index contributed by atoms with van der Waals surface area (Å²) in [6.07, 6.45) is 0.680.